The Hall–Kier alpha value is -2.27. The van der Waals surface area contributed by atoms with Crippen LogP contribution in [0.3, 0.4) is 0 Å². The molecule has 1 atom stereocenters. The molecule has 0 saturated heterocycles. The van der Waals surface area contributed by atoms with E-state index in [-0.39, 0.29) is 17.7 Å². The van der Waals surface area contributed by atoms with Gasteiger partial charge in [0.2, 0.25) is 0 Å². The number of hydrogen-bond donors (Lipinski definition) is 1. The van der Waals surface area contributed by atoms with E-state index in [1.165, 1.54) is 12.1 Å². The van der Waals surface area contributed by atoms with Crippen molar-refractivity contribution in [2.45, 2.75) is 19.4 Å². The van der Waals surface area contributed by atoms with Gasteiger partial charge in [-0.25, -0.2) is 4.39 Å². The number of aliphatic hydroxyl groups is 1. The maximum absolute atomic E-state index is 13.9. The molecule has 4 nitrogen and oxygen atoms in total. The first-order valence-electron chi connectivity index (χ1n) is 6.15. The van der Waals surface area contributed by atoms with Crippen molar-refractivity contribution in [2.24, 2.45) is 0 Å². The molecular weight excluding hydrogens is 261 g/mol. The Morgan fingerprint density at radius 3 is 2.50 bits per heavy atom. The second-order valence-electron chi connectivity index (χ2n) is 4.62. The van der Waals surface area contributed by atoms with Crippen molar-refractivity contribution in [2.75, 3.05) is 0 Å². The second kappa shape index (κ2) is 5.79. The highest BCUT2D eigenvalue weighted by molar-refractivity contribution is 5.34. The molecule has 2 aromatic carbocycles. The molecule has 0 aliphatic heterocycles. The summed E-state index contributed by atoms with van der Waals surface area (Å²) in [6.07, 6.45) is -0.769. The van der Waals surface area contributed by atoms with E-state index < -0.39 is 16.8 Å². The third-order valence-electron chi connectivity index (χ3n) is 3.16. The normalized spacial score (nSPS) is 12.2. The van der Waals surface area contributed by atoms with E-state index in [2.05, 4.69) is 0 Å². The fraction of sp³-hybridized carbons (Fsp3) is 0.200. The van der Waals surface area contributed by atoms with Gasteiger partial charge in [0, 0.05) is 24.1 Å². The van der Waals surface area contributed by atoms with Crippen molar-refractivity contribution in [3.63, 3.8) is 0 Å². The molecule has 0 saturated carbocycles. The number of halogens is 1. The minimum atomic E-state index is -0.976. The summed E-state index contributed by atoms with van der Waals surface area (Å²) in [5, 5.41) is 20.6. The number of aliphatic hydroxyl groups excluding tert-OH is 1. The Kier molecular flexibility index (Phi) is 4.10. The van der Waals surface area contributed by atoms with E-state index in [1.807, 2.05) is 0 Å². The number of aryl methyl sites for hydroxylation is 1. The number of nitro benzene ring substituents is 1. The van der Waals surface area contributed by atoms with Crippen LogP contribution in [0.2, 0.25) is 0 Å². The smallest absolute Gasteiger partial charge is 0.269 e. The summed E-state index contributed by atoms with van der Waals surface area (Å²) in [5.74, 6) is -0.415. The average molecular weight is 275 g/mol. The number of benzene rings is 2. The van der Waals surface area contributed by atoms with Gasteiger partial charge in [-0.1, -0.05) is 30.3 Å². The summed E-state index contributed by atoms with van der Waals surface area (Å²) in [5.41, 5.74) is 1.42. The van der Waals surface area contributed by atoms with Crippen molar-refractivity contribution in [1.82, 2.24) is 0 Å². The predicted molar refractivity (Wildman–Crippen MR) is 72.9 cm³/mol. The summed E-state index contributed by atoms with van der Waals surface area (Å²) in [7, 11) is 0. The van der Waals surface area contributed by atoms with Crippen LogP contribution < -0.4 is 0 Å². The quantitative estimate of drug-likeness (QED) is 0.687. The molecule has 2 aromatic rings. The number of hydrogen-bond acceptors (Lipinski definition) is 3. The fourth-order valence-electron chi connectivity index (χ4n) is 2.01. The van der Waals surface area contributed by atoms with Crippen molar-refractivity contribution < 1.29 is 14.4 Å². The largest absolute Gasteiger partial charge is 0.388 e. The van der Waals surface area contributed by atoms with E-state index in [1.54, 1.807) is 37.3 Å². The Morgan fingerprint density at radius 1 is 1.25 bits per heavy atom. The highest BCUT2D eigenvalue weighted by atomic mass is 19.1. The average Bonchev–Trinajstić information content (AvgIpc) is 2.42. The fourth-order valence-corrected chi connectivity index (χ4v) is 2.01. The lowest BCUT2D eigenvalue weighted by Crippen LogP contribution is -2.05. The van der Waals surface area contributed by atoms with Crippen LogP contribution in [0, 0.1) is 22.9 Å². The molecule has 0 radical (unpaired) electrons. The molecule has 0 fully saturated rings. The van der Waals surface area contributed by atoms with Gasteiger partial charge in [-0.3, -0.25) is 10.1 Å². The summed E-state index contributed by atoms with van der Waals surface area (Å²) < 4.78 is 13.9. The molecular formula is C15H14FNO3. The Morgan fingerprint density at radius 2 is 1.90 bits per heavy atom. The van der Waals surface area contributed by atoms with Gasteiger partial charge in [0.25, 0.3) is 5.69 Å². The van der Waals surface area contributed by atoms with Gasteiger partial charge < -0.3 is 5.11 Å². The highest BCUT2D eigenvalue weighted by Gasteiger charge is 2.15. The zero-order chi connectivity index (χ0) is 14.7. The molecule has 0 bridgehead atoms. The molecule has 20 heavy (non-hydrogen) atoms. The lowest BCUT2D eigenvalue weighted by atomic mass is 9.99. The Labute approximate surface area is 115 Å². The van der Waals surface area contributed by atoms with E-state index in [0.29, 0.717) is 11.1 Å². The SMILES string of the molecule is Cc1cccc(C(O)Cc2ccc([N+](=O)[O-])cc2)c1F. The molecule has 2 rings (SSSR count). The first-order chi connectivity index (χ1) is 9.49. The van der Waals surface area contributed by atoms with Crippen LogP contribution in [0.15, 0.2) is 42.5 Å². The first-order valence-corrected chi connectivity index (χ1v) is 6.15. The molecule has 104 valence electrons. The van der Waals surface area contributed by atoms with Gasteiger partial charge in [-0.05, 0) is 18.1 Å². The molecule has 0 amide bonds. The van der Waals surface area contributed by atoms with Crippen molar-refractivity contribution in [3.8, 4) is 0 Å². The maximum Gasteiger partial charge on any atom is 0.269 e. The molecule has 0 aliphatic rings. The second-order valence-corrected chi connectivity index (χ2v) is 4.62. The zero-order valence-corrected chi connectivity index (χ0v) is 10.9. The zero-order valence-electron chi connectivity index (χ0n) is 10.9. The van der Waals surface area contributed by atoms with E-state index in [0.717, 1.165) is 0 Å². The van der Waals surface area contributed by atoms with Gasteiger partial charge in [0.1, 0.15) is 5.82 Å². The third-order valence-corrected chi connectivity index (χ3v) is 3.16. The van der Waals surface area contributed by atoms with Crippen molar-refractivity contribution >= 4 is 5.69 Å². The van der Waals surface area contributed by atoms with Gasteiger partial charge in [-0.2, -0.15) is 0 Å². The van der Waals surface area contributed by atoms with E-state index in [4.69, 9.17) is 0 Å². The monoisotopic (exact) mass is 275 g/mol. The Balaban J connectivity index is 2.17. The summed E-state index contributed by atoms with van der Waals surface area (Å²) >= 11 is 0. The molecule has 0 heterocycles. The van der Waals surface area contributed by atoms with Crippen LogP contribution in [-0.2, 0) is 6.42 Å². The maximum atomic E-state index is 13.9. The van der Waals surface area contributed by atoms with Gasteiger partial charge in [0.05, 0.1) is 11.0 Å². The Bertz CT molecular complexity index is 626. The highest BCUT2D eigenvalue weighted by Crippen LogP contribution is 2.23. The molecule has 1 N–H and O–H groups in total. The molecule has 0 aromatic heterocycles. The topological polar surface area (TPSA) is 63.4 Å². The number of nitrogens with zero attached hydrogens (tertiary/aromatic N) is 1. The number of nitro groups is 1. The van der Waals surface area contributed by atoms with Crippen LogP contribution in [0.1, 0.15) is 22.8 Å². The summed E-state index contributed by atoms with van der Waals surface area (Å²) in [6.45, 7) is 1.64. The van der Waals surface area contributed by atoms with Crippen molar-refractivity contribution in [1.29, 1.82) is 0 Å². The minimum absolute atomic E-state index is 0.00928. The predicted octanol–water partition coefficient (Wildman–Crippen LogP) is 3.32. The summed E-state index contributed by atoms with van der Waals surface area (Å²) in [4.78, 5) is 10.1. The van der Waals surface area contributed by atoms with Gasteiger partial charge in [-0.15, -0.1) is 0 Å². The van der Waals surface area contributed by atoms with E-state index in [9.17, 15) is 19.6 Å². The number of non-ortho nitro benzene ring substituents is 1. The van der Waals surface area contributed by atoms with E-state index >= 15 is 0 Å². The minimum Gasteiger partial charge on any atom is -0.388 e. The molecule has 5 heteroatoms. The first kappa shape index (κ1) is 14.1. The van der Waals surface area contributed by atoms with Crippen molar-refractivity contribution in [3.05, 3.63) is 75.1 Å². The van der Waals surface area contributed by atoms with Crippen LogP contribution in [0.5, 0.6) is 0 Å². The lowest BCUT2D eigenvalue weighted by molar-refractivity contribution is -0.384. The van der Waals surface area contributed by atoms with Crippen LogP contribution in [0.25, 0.3) is 0 Å². The van der Waals surface area contributed by atoms with Crippen LogP contribution >= 0.6 is 0 Å². The van der Waals surface area contributed by atoms with Crippen LogP contribution in [-0.4, -0.2) is 10.0 Å². The van der Waals surface area contributed by atoms with Gasteiger partial charge in [0.15, 0.2) is 0 Å². The van der Waals surface area contributed by atoms with Gasteiger partial charge >= 0.3 is 0 Å². The van der Waals surface area contributed by atoms with Crippen LogP contribution in [0.4, 0.5) is 10.1 Å². The molecule has 1 unspecified atom stereocenters. The number of rotatable bonds is 4. The summed E-state index contributed by atoms with van der Waals surface area (Å²) in [6, 6.07) is 10.7. The molecule has 0 aliphatic carbocycles. The lowest BCUT2D eigenvalue weighted by Gasteiger charge is -2.13. The standard InChI is InChI=1S/C15H14FNO3/c1-10-3-2-4-13(15(10)16)14(18)9-11-5-7-12(8-6-11)17(19)20/h2-8,14,18H,9H2,1H3. The molecule has 0 spiro atoms. The third kappa shape index (κ3) is 3.00.